The van der Waals surface area contributed by atoms with Gasteiger partial charge in [-0.1, -0.05) is 29.8 Å². The SMILES string of the molecule is Cc1ccc(C(CO)(CO)CCOCC(F)(F)F)cc1. The van der Waals surface area contributed by atoms with Gasteiger partial charge in [-0.15, -0.1) is 0 Å². The summed E-state index contributed by atoms with van der Waals surface area (Å²) >= 11 is 0. The summed E-state index contributed by atoms with van der Waals surface area (Å²) in [7, 11) is 0. The summed E-state index contributed by atoms with van der Waals surface area (Å²) < 4.78 is 40.5. The van der Waals surface area contributed by atoms with Crippen molar-refractivity contribution in [1.82, 2.24) is 0 Å². The third-order valence-corrected chi connectivity index (χ3v) is 3.26. The number of ether oxygens (including phenoxy) is 1. The van der Waals surface area contributed by atoms with Crippen LogP contribution in [0.25, 0.3) is 0 Å². The monoisotopic (exact) mass is 292 g/mol. The van der Waals surface area contributed by atoms with E-state index in [-0.39, 0.29) is 26.2 Å². The van der Waals surface area contributed by atoms with Crippen LogP contribution >= 0.6 is 0 Å². The van der Waals surface area contributed by atoms with E-state index in [0.717, 1.165) is 5.56 Å². The molecule has 0 saturated heterocycles. The topological polar surface area (TPSA) is 49.7 Å². The summed E-state index contributed by atoms with van der Waals surface area (Å²) in [5.74, 6) is 0. The van der Waals surface area contributed by atoms with Crippen molar-refractivity contribution in [3.63, 3.8) is 0 Å². The fraction of sp³-hybridized carbons (Fsp3) is 0.571. The van der Waals surface area contributed by atoms with Gasteiger partial charge in [0.2, 0.25) is 0 Å². The second-order valence-corrected chi connectivity index (χ2v) is 4.88. The largest absolute Gasteiger partial charge is 0.411 e. The fourth-order valence-electron chi connectivity index (χ4n) is 1.90. The molecule has 0 heterocycles. The predicted molar refractivity (Wildman–Crippen MR) is 68.5 cm³/mol. The van der Waals surface area contributed by atoms with Crippen LogP contribution in [0, 0.1) is 6.92 Å². The normalized spacial score (nSPS) is 12.7. The molecule has 1 aromatic rings. The summed E-state index contributed by atoms with van der Waals surface area (Å²) in [5.41, 5.74) is 0.717. The summed E-state index contributed by atoms with van der Waals surface area (Å²) in [6, 6.07) is 7.16. The molecule has 114 valence electrons. The molecule has 6 heteroatoms. The Bertz CT molecular complexity index is 397. The number of hydrogen-bond acceptors (Lipinski definition) is 3. The minimum absolute atomic E-state index is 0.110. The van der Waals surface area contributed by atoms with Crippen LogP contribution in [0.5, 0.6) is 0 Å². The minimum atomic E-state index is -4.37. The Hall–Kier alpha value is -1.11. The van der Waals surface area contributed by atoms with Gasteiger partial charge in [-0.05, 0) is 18.9 Å². The highest BCUT2D eigenvalue weighted by Crippen LogP contribution is 2.28. The van der Waals surface area contributed by atoms with Gasteiger partial charge in [0.05, 0.1) is 13.2 Å². The van der Waals surface area contributed by atoms with Crippen molar-refractivity contribution in [2.45, 2.75) is 24.9 Å². The number of halogens is 3. The quantitative estimate of drug-likeness (QED) is 0.757. The first kappa shape index (κ1) is 16.9. The van der Waals surface area contributed by atoms with Crippen molar-refractivity contribution in [3.8, 4) is 0 Å². The first-order chi connectivity index (χ1) is 9.33. The third-order valence-electron chi connectivity index (χ3n) is 3.26. The molecule has 0 bridgehead atoms. The minimum Gasteiger partial charge on any atom is -0.395 e. The highest BCUT2D eigenvalue weighted by atomic mass is 19.4. The summed E-state index contributed by atoms with van der Waals surface area (Å²) in [6.07, 6.45) is -4.26. The number of aliphatic hydroxyl groups excluding tert-OH is 2. The van der Waals surface area contributed by atoms with E-state index in [9.17, 15) is 23.4 Å². The molecule has 0 aromatic heterocycles. The molecule has 1 rings (SSSR count). The number of aryl methyl sites for hydroxylation is 1. The second kappa shape index (κ2) is 7.06. The van der Waals surface area contributed by atoms with Gasteiger partial charge >= 0.3 is 6.18 Å². The molecule has 0 aliphatic carbocycles. The molecule has 0 aliphatic rings. The van der Waals surface area contributed by atoms with E-state index < -0.39 is 18.2 Å². The van der Waals surface area contributed by atoms with Crippen LogP contribution in [0.4, 0.5) is 13.2 Å². The van der Waals surface area contributed by atoms with Crippen LogP contribution < -0.4 is 0 Å². The zero-order valence-corrected chi connectivity index (χ0v) is 11.3. The lowest BCUT2D eigenvalue weighted by Crippen LogP contribution is -2.36. The Morgan fingerprint density at radius 1 is 1.05 bits per heavy atom. The van der Waals surface area contributed by atoms with E-state index in [1.165, 1.54) is 0 Å². The molecule has 0 unspecified atom stereocenters. The van der Waals surface area contributed by atoms with E-state index in [0.29, 0.717) is 5.56 Å². The first-order valence-corrected chi connectivity index (χ1v) is 6.26. The van der Waals surface area contributed by atoms with E-state index in [4.69, 9.17) is 0 Å². The number of hydrogen-bond donors (Lipinski definition) is 2. The van der Waals surface area contributed by atoms with Crippen LogP contribution in [0.15, 0.2) is 24.3 Å². The lowest BCUT2D eigenvalue weighted by molar-refractivity contribution is -0.175. The molecule has 3 nitrogen and oxygen atoms in total. The summed E-state index contributed by atoms with van der Waals surface area (Å²) in [5, 5.41) is 19.0. The van der Waals surface area contributed by atoms with E-state index >= 15 is 0 Å². The Labute approximate surface area is 116 Å². The Kier molecular flexibility index (Phi) is 5.98. The Balaban J connectivity index is 2.69. The van der Waals surface area contributed by atoms with Gasteiger partial charge in [-0.2, -0.15) is 13.2 Å². The van der Waals surface area contributed by atoms with Crippen molar-refractivity contribution in [3.05, 3.63) is 35.4 Å². The standard InChI is InChI=1S/C14H19F3O3/c1-11-2-4-12(5-3-11)13(8-18,9-19)6-7-20-10-14(15,16)17/h2-5,18-19H,6-10H2,1H3. The summed E-state index contributed by atoms with van der Waals surface area (Å²) in [4.78, 5) is 0. The van der Waals surface area contributed by atoms with Crippen LogP contribution in [-0.2, 0) is 10.2 Å². The maximum absolute atomic E-state index is 12.0. The molecule has 0 spiro atoms. The molecule has 0 aliphatic heterocycles. The van der Waals surface area contributed by atoms with Crippen LogP contribution in [-0.4, -0.2) is 42.8 Å². The maximum atomic E-state index is 12.0. The highest BCUT2D eigenvalue weighted by Gasteiger charge is 2.32. The average Bonchev–Trinajstić information content (AvgIpc) is 2.40. The van der Waals surface area contributed by atoms with Crippen LogP contribution in [0.1, 0.15) is 17.5 Å². The molecular weight excluding hydrogens is 273 g/mol. The second-order valence-electron chi connectivity index (χ2n) is 4.88. The van der Waals surface area contributed by atoms with Gasteiger partial charge in [-0.25, -0.2) is 0 Å². The number of alkyl halides is 3. The smallest absolute Gasteiger partial charge is 0.395 e. The molecular formula is C14H19F3O3. The van der Waals surface area contributed by atoms with Crippen molar-refractivity contribution in [2.24, 2.45) is 0 Å². The van der Waals surface area contributed by atoms with Gasteiger partial charge in [0, 0.05) is 12.0 Å². The van der Waals surface area contributed by atoms with Crippen molar-refractivity contribution < 1.29 is 28.1 Å². The molecule has 0 saturated carbocycles. The zero-order chi connectivity index (χ0) is 15.2. The lowest BCUT2D eigenvalue weighted by Gasteiger charge is -2.30. The van der Waals surface area contributed by atoms with E-state index in [1.807, 2.05) is 19.1 Å². The van der Waals surface area contributed by atoms with Crippen molar-refractivity contribution in [2.75, 3.05) is 26.4 Å². The fourth-order valence-corrected chi connectivity index (χ4v) is 1.90. The summed E-state index contributed by atoms with van der Waals surface area (Å²) in [6.45, 7) is -0.331. The van der Waals surface area contributed by atoms with E-state index in [2.05, 4.69) is 4.74 Å². The lowest BCUT2D eigenvalue weighted by atomic mass is 9.79. The maximum Gasteiger partial charge on any atom is 0.411 e. The van der Waals surface area contributed by atoms with Gasteiger partial charge in [0.1, 0.15) is 6.61 Å². The average molecular weight is 292 g/mol. The molecule has 0 amide bonds. The molecule has 2 N–H and O–H groups in total. The molecule has 0 radical (unpaired) electrons. The molecule has 0 fully saturated rings. The van der Waals surface area contributed by atoms with Crippen LogP contribution in [0.2, 0.25) is 0 Å². The number of benzene rings is 1. The van der Waals surface area contributed by atoms with Crippen molar-refractivity contribution >= 4 is 0 Å². The Morgan fingerprint density at radius 2 is 1.60 bits per heavy atom. The first-order valence-electron chi connectivity index (χ1n) is 6.26. The highest BCUT2D eigenvalue weighted by molar-refractivity contribution is 5.29. The van der Waals surface area contributed by atoms with E-state index in [1.54, 1.807) is 12.1 Å². The molecule has 20 heavy (non-hydrogen) atoms. The predicted octanol–water partition coefficient (Wildman–Crippen LogP) is 2.19. The zero-order valence-electron chi connectivity index (χ0n) is 11.3. The Morgan fingerprint density at radius 3 is 2.05 bits per heavy atom. The van der Waals surface area contributed by atoms with Crippen molar-refractivity contribution in [1.29, 1.82) is 0 Å². The third kappa shape index (κ3) is 4.77. The number of aliphatic hydroxyl groups is 2. The van der Waals surface area contributed by atoms with Gasteiger partial charge in [0.15, 0.2) is 0 Å². The van der Waals surface area contributed by atoms with Gasteiger partial charge in [-0.3, -0.25) is 0 Å². The molecule has 1 aromatic carbocycles. The van der Waals surface area contributed by atoms with Gasteiger partial charge in [0.25, 0.3) is 0 Å². The molecule has 0 atom stereocenters. The van der Waals surface area contributed by atoms with Crippen LogP contribution in [0.3, 0.4) is 0 Å². The van der Waals surface area contributed by atoms with Gasteiger partial charge < -0.3 is 14.9 Å². The number of rotatable bonds is 7.